The topological polar surface area (TPSA) is 29.9 Å². The van der Waals surface area contributed by atoms with Gasteiger partial charge >= 0.3 is 0 Å². The monoisotopic (exact) mass is 311 g/mol. The summed E-state index contributed by atoms with van der Waals surface area (Å²) >= 11 is 3.37. The van der Waals surface area contributed by atoms with Crippen molar-refractivity contribution in [1.82, 2.24) is 15.1 Å². The summed E-state index contributed by atoms with van der Waals surface area (Å²) in [5, 5.41) is 7.46. The summed E-state index contributed by atoms with van der Waals surface area (Å²) in [7, 11) is 1.91. The van der Waals surface area contributed by atoms with Crippen LogP contribution in [0.15, 0.2) is 28.9 Å². The van der Waals surface area contributed by atoms with Crippen molar-refractivity contribution in [2.24, 2.45) is 0 Å². The number of hydrogen-bond donors (Lipinski definition) is 1. The van der Waals surface area contributed by atoms with E-state index < -0.39 is 0 Å². The third kappa shape index (κ3) is 2.79. The van der Waals surface area contributed by atoms with Crippen LogP contribution < -0.4 is 5.32 Å². The molecule has 3 nitrogen and oxygen atoms in total. The van der Waals surface area contributed by atoms with Crippen LogP contribution in [0.1, 0.15) is 16.8 Å². The maximum absolute atomic E-state index is 13.0. The molecule has 0 saturated heterocycles. The Balaban J connectivity index is 2.23. The van der Waals surface area contributed by atoms with Gasteiger partial charge in [-0.3, -0.25) is 4.68 Å². The molecule has 1 heterocycles. The fraction of sp³-hybridized carbons (Fsp3) is 0.308. The summed E-state index contributed by atoms with van der Waals surface area (Å²) in [6.07, 6.45) is 1.86. The van der Waals surface area contributed by atoms with Gasteiger partial charge in [0.2, 0.25) is 0 Å². The number of halogens is 2. The molecule has 0 aliphatic rings. The number of aromatic nitrogens is 2. The Bertz CT molecular complexity index is 551. The molecule has 0 aliphatic carbocycles. The predicted octanol–water partition coefficient (Wildman–Crippen LogP) is 2.86. The van der Waals surface area contributed by atoms with E-state index >= 15 is 0 Å². The number of hydrogen-bond acceptors (Lipinski definition) is 2. The van der Waals surface area contributed by atoms with Crippen LogP contribution in [0.5, 0.6) is 0 Å². The second kappa shape index (κ2) is 5.63. The highest BCUT2D eigenvalue weighted by Gasteiger charge is 2.08. The van der Waals surface area contributed by atoms with Crippen molar-refractivity contribution in [2.45, 2.75) is 20.0 Å². The molecule has 2 aromatic rings. The van der Waals surface area contributed by atoms with Gasteiger partial charge in [-0.2, -0.15) is 5.10 Å². The van der Waals surface area contributed by atoms with Crippen LogP contribution in [0, 0.1) is 12.7 Å². The molecule has 1 aromatic carbocycles. The summed E-state index contributed by atoms with van der Waals surface area (Å²) in [5.74, 6) is -0.237. The van der Waals surface area contributed by atoms with E-state index in [4.69, 9.17) is 0 Å². The Morgan fingerprint density at radius 2 is 2.17 bits per heavy atom. The zero-order valence-electron chi connectivity index (χ0n) is 10.4. The van der Waals surface area contributed by atoms with E-state index in [-0.39, 0.29) is 5.82 Å². The lowest BCUT2D eigenvalue weighted by atomic mass is 10.2. The Labute approximate surface area is 114 Å². The molecule has 0 amide bonds. The fourth-order valence-corrected chi connectivity index (χ4v) is 2.30. The minimum atomic E-state index is -0.237. The molecule has 1 N–H and O–H groups in total. The van der Waals surface area contributed by atoms with E-state index in [2.05, 4.69) is 26.3 Å². The lowest BCUT2D eigenvalue weighted by molar-refractivity contribution is 0.621. The number of benzene rings is 1. The van der Waals surface area contributed by atoms with Crippen LogP contribution in [0.4, 0.5) is 4.39 Å². The van der Waals surface area contributed by atoms with Crippen molar-refractivity contribution in [3.63, 3.8) is 0 Å². The van der Waals surface area contributed by atoms with Gasteiger partial charge < -0.3 is 5.32 Å². The first kappa shape index (κ1) is 13.2. The number of nitrogens with one attached hydrogen (secondary N) is 1. The van der Waals surface area contributed by atoms with Gasteiger partial charge in [0.25, 0.3) is 0 Å². The van der Waals surface area contributed by atoms with E-state index in [0.29, 0.717) is 6.54 Å². The maximum Gasteiger partial charge on any atom is 0.124 e. The Morgan fingerprint density at radius 3 is 2.83 bits per heavy atom. The van der Waals surface area contributed by atoms with Gasteiger partial charge in [0, 0.05) is 22.3 Å². The normalized spacial score (nSPS) is 10.9. The van der Waals surface area contributed by atoms with Crippen LogP contribution >= 0.6 is 15.9 Å². The molecule has 1 aromatic heterocycles. The van der Waals surface area contributed by atoms with Crippen molar-refractivity contribution < 1.29 is 4.39 Å². The SMILES string of the molecule is CNCc1cnn(Cc2ccc(F)cc2Br)c1C. The van der Waals surface area contributed by atoms with Gasteiger partial charge in [0.1, 0.15) is 5.82 Å². The number of rotatable bonds is 4. The second-order valence-corrected chi connectivity index (χ2v) is 5.03. The third-order valence-corrected chi connectivity index (χ3v) is 3.65. The first-order chi connectivity index (χ1) is 8.61. The molecular weight excluding hydrogens is 297 g/mol. The summed E-state index contributed by atoms with van der Waals surface area (Å²) in [5.41, 5.74) is 3.31. The average molecular weight is 312 g/mol. The lowest BCUT2D eigenvalue weighted by Gasteiger charge is -2.08. The molecule has 0 fully saturated rings. The summed E-state index contributed by atoms with van der Waals surface area (Å²) in [6.45, 7) is 3.48. The van der Waals surface area contributed by atoms with Crippen LogP contribution in [0.3, 0.4) is 0 Å². The van der Waals surface area contributed by atoms with Crippen molar-refractivity contribution in [1.29, 1.82) is 0 Å². The molecule has 0 aliphatic heterocycles. The van der Waals surface area contributed by atoms with E-state index in [1.54, 1.807) is 6.07 Å². The van der Waals surface area contributed by atoms with Gasteiger partial charge in [-0.1, -0.05) is 22.0 Å². The quantitative estimate of drug-likeness (QED) is 0.941. The molecule has 0 bridgehead atoms. The first-order valence-corrected chi connectivity index (χ1v) is 6.51. The zero-order chi connectivity index (χ0) is 13.1. The summed E-state index contributed by atoms with van der Waals surface area (Å²) < 4.78 is 15.7. The minimum absolute atomic E-state index is 0.237. The highest BCUT2D eigenvalue weighted by molar-refractivity contribution is 9.10. The molecule has 18 heavy (non-hydrogen) atoms. The maximum atomic E-state index is 13.0. The molecule has 5 heteroatoms. The number of nitrogens with zero attached hydrogens (tertiary/aromatic N) is 2. The van der Waals surface area contributed by atoms with Gasteiger partial charge in [0.15, 0.2) is 0 Å². The first-order valence-electron chi connectivity index (χ1n) is 5.71. The van der Waals surface area contributed by atoms with E-state index in [0.717, 1.165) is 22.3 Å². The molecular formula is C13H15BrFN3. The molecule has 2 rings (SSSR count). The van der Waals surface area contributed by atoms with Crippen molar-refractivity contribution in [2.75, 3.05) is 7.05 Å². The van der Waals surface area contributed by atoms with Gasteiger partial charge in [-0.05, 0) is 31.7 Å². The van der Waals surface area contributed by atoms with Gasteiger partial charge in [0.05, 0.1) is 12.7 Å². The Hall–Kier alpha value is -1.20. The Kier molecular flexibility index (Phi) is 4.14. The van der Waals surface area contributed by atoms with Crippen LogP contribution in [0.2, 0.25) is 0 Å². The third-order valence-electron chi connectivity index (χ3n) is 2.91. The highest BCUT2D eigenvalue weighted by Crippen LogP contribution is 2.20. The summed E-state index contributed by atoms with van der Waals surface area (Å²) in [6, 6.07) is 4.72. The van der Waals surface area contributed by atoms with Gasteiger partial charge in [-0.25, -0.2) is 4.39 Å². The highest BCUT2D eigenvalue weighted by atomic mass is 79.9. The van der Waals surface area contributed by atoms with Crippen LogP contribution in [0.25, 0.3) is 0 Å². The minimum Gasteiger partial charge on any atom is -0.316 e. The van der Waals surface area contributed by atoms with Crippen molar-refractivity contribution >= 4 is 15.9 Å². The molecule has 0 saturated carbocycles. The molecule has 0 radical (unpaired) electrons. The van der Waals surface area contributed by atoms with E-state index in [9.17, 15) is 4.39 Å². The van der Waals surface area contributed by atoms with Gasteiger partial charge in [-0.15, -0.1) is 0 Å². The van der Waals surface area contributed by atoms with Crippen LogP contribution in [-0.4, -0.2) is 16.8 Å². The average Bonchev–Trinajstić information content (AvgIpc) is 2.66. The lowest BCUT2D eigenvalue weighted by Crippen LogP contribution is -2.08. The zero-order valence-corrected chi connectivity index (χ0v) is 12.0. The molecule has 0 unspecified atom stereocenters. The van der Waals surface area contributed by atoms with E-state index in [1.807, 2.05) is 24.9 Å². The second-order valence-electron chi connectivity index (χ2n) is 4.18. The fourth-order valence-electron chi connectivity index (χ4n) is 1.82. The standard InChI is InChI=1S/C13H15BrFN3/c1-9-11(6-16-2)7-17-18(9)8-10-3-4-12(15)5-13(10)14/h3-5,7,16H,6,8H2,1-2H3. The van der Waals surface area contributed by atoms with Crippen LogP contribution in [-0.2, 0) is 13.1 Å². The largest absolute Gasteiger partial charge is 0.316 e. The molecule has 96 valence electrons. The Morgan fingerprint density at radius 1 is 1.39 bits per heavy atom. The molecule has 0 atom stereocenters. The van der Waals surface area contributed by atoms with Crippen molar-refractivity contribution in [3.8, 4) is 0 Å². The smallest absolute Gasteiger partial charge is 0.124 e. The molecule has 0 spiro atoms. The predicted molar refractivity (Wildman–Crippen MR) is 72.9 cm³/mol. The summed E-state index contributed by atoms with van der Waals surface area (Å²) in [4.78, 5) is 0. The van der Waals surface area contributed by atoms with Crippen molar-refractivity contribution in [3.05, 3.63) is 51.5 Å². The van der Waals surface area contributed by atoms with E-state index in [1.165, 1.54) is 17.7 Å².